The molecule has 0 atom stereocenters. The van der Waals surface area contributed by atoms with Crippen molar-refractivity contribution in [3.63, 3.8) is 0 Å². The molecule has 1 aliphatic rings. The first-order chi connectivity index (χ1) is 6.63. The quantitative estimate of drug-likeness (QED) is 0.626. The molecule has 0 radical (unpaired) electrons. The van der Waals surface area contributed by atoms with E-state index in [1.54, 1.807) is 6.08 Å². The molecule has 0 spiro atoms. The molecule has 1 saturated heterocycles. The van der Waals surface area contributed by atoms with Gasteiger partial charge in [0.05, 0.1) is 5.83 Å². The lowest BCUT2D eigenvalue weighted by atomic mass is 10.2. The first-order valence-electron chi connectivity index (χ1n) is 5.07. The van der Waals surface area contributed by atoms with Gasteiger partial charge in [-0.3, -0.25) is 0 Å². The molecule has 80 valence electrons. The van der Waals surface area contributed by atoms with Crippen LogP contribution in [0.5, 0.6) is 0 Å². The molecule has 1 aliphatic heterocycles. The van der Waals surface area contributed by atoms with Crippen molar-refractivity contribution in [1.82, 2.24) is 9.80 Å². The fraction of sp³-hybridized carbons (Fsp3) is 0.636. The highest BCUT2D eigenvalue weighted by Gasteiger charge is 2.14. The Bertz CT molecular complexity index is 234. The molecule has 0 N–H and O–H groups in total. The highest BCUT2D eigenvalue weighted by Crippen LogP contribution is 2.12. The third-order valence-electron chi connectivity index (χ3n) is 2.51. The van der Waals surface area contributed by atoms with Gasteiger partial charge in [-0.1, -0.05) is 6.08 Å². The van der Waals surface area contributed by atoms with E-state index in [9.17, 15) is 4.39 Å². The second-order valence-electron chi connectivity index (χ2n) is 3.73. The standard InChI is InChI=1S/C11H19FN2/c1-4-11(9-10(2)12)14-7-5-13(3)6-8-14/h4,9H,5-8H2,1-3H3/b10-9+,11-4+. The van der Waals surface area contributed by atoms with Gasteiger partial charge < -0.3 is 9.80 Å². The Hall–Kier alpha value is -0.830. The van der Waals surface area contributed by atoms with Crippen molar-refractivity contribution in [1.29, 1.82) is 0 Å². The first-order valence-corrected chi connectivity index (χ1v) is 5.07. The molecule has 0 amide bonds. The van der Waals surface area contributed by atoms with Crippen LogP contribution in [0.3, 0.4) is 0 Å². The maximum absolute atomic E-state index is 12.8. The topological polar surface area (TPSA) is 6.48 Å². The number of hydrogen-bond donors (Lipinski definition) is 0. The number of halogens is 1. The van der Waals surface area contributed by atoms with E-state index in [4.69, 9.17) is 0 Å². The number of piperazine rings is 1. The van der Waals surface area contributed by atoms with Crippen LogP contribution in [0.4, 0.5) is 4.39 Å². The minimum Gasteiger partial charge on any atom is -0.369 e. The van der Waals surface area contributed by atoms with E-state index >= 15 is 0 Å². The van der Waals surface area contributed by atoms with Crippen LogP contribution < -0.4 is 0 Å². The van der Waals surface area contributed by atoms with E-state index in [0.717, 1.165) is 31.9 Å². The number of rotatable bonds is 2. The zero-order valence-electron chi connectivity index (χ0n) is 9.26. The molecular formula is C11H19FN2. The van der Waals surface area contributed by atoms with E-state index in [1.165, 1.54) is 6.92 Å². The number of nitrogens with zero attached hydrogens (tertiary/aromatic N) is 2. The highest BCUT2D eigenvalue weighted by molar-refractivity contribution is 5.19. The third-order valence-corrected chi connectivity index (χ3v) is 2.51. The first kappa shape index (κ1) is 11.2. The summed E-state index contributed by atoms with van der Waals surface area (Å²) in [4.78, 5) is 4.51. The monoisotopic (exact) mass is 198 g/mol. The Morgan fingerprint density at radius 1 is 1.21 bits per heavy atom. The van der Waals surface area contributed by atoms with Gasteiger partial charge in [0.25, 0.3) is 0 Å². The summed E-state index contributed by atoms with van der Waals surface area (Å²) in [5.41, 5.74) is 0.998. The van der Waals surface area contributed by atoms with Gasteiger partial charge in [-0.25, -0.2) is 4.39 Å². The summed E-state index contributed by atoms with van der Waals surface area (Å²) in [6.45, 7) is 7.51. The zero-order chi connectivity index (χ0) is 10.6. The predicted molar refractivity (Wildman–Crippen MR) is 57.7 cm³/mol. The zero-order valence-corrected chi connectivity index (χ0v) is 9.26. The normalized spacial score (nSPS) is 21.6. The summed E-state index contributed by atoms with van der Waals surface area (Å²) in [6.07, 6.45) is 3.57. The van der Waals surface area contributed by atoms with Crippen LogP contribution in [-0.2, 0) is 0 Å². The molecule has 0 aromatic carbocycles. The van der Waals surface area contributed by atoms with Crippen molar-refractivity contribution in [3.8, 4) is 0 Å². The summed E-state index contributed by atoms with van der Waals surface area (Å²) < 4.78 is 12.8. The maximum atomic E-state index is 12.8. The van der Waals surface area contributed by atoms with Crippen molar-refractivity contribution in [2.24, 2.45) is 0 Å². The van der Waals surface area contributed by atoms with Crippen LogP contribution in [0, 0.1) is 0 Å². The summed E-state index contributed by atoms with van der Waals surface area (Å²) in [7, 11) is 2.11. The molecular weight excluding hydrogens is 179 g/mol. The number of allylic oxidation sites excluding steroid dienone is 3. The third kappa shape index (κ3) is 3.14. The SMILES string of the molecule is C/C=C(\C=C(/C)F)N1CCN(C)CC1. The van der Waals surface area contributed by atoms with Crippen molar-refractivity contribution >= 4 is 0 Å². The average molecular weight is 198 g/mol. The Morgan fingerprint density at radius 2 is 1.79 bits per heavy atom. The van der Waals surface area contributed by atoms with Crippen LogP contribution >= 0.6 is 0 Å². The van der Waals surface area contributed by atoms with Crippen molar-refractivity contribution < 1.29 is 4.39 Å². The Kier molecular flexibility index (Phi) is 4.14. The molecule has 2 nitrogen and oxygen atoms in total. The summed E-state index contributed by atoms with van der Waals surface area (Å²) in [6, 6.07) is 0. The molecule has 1 heterocycles. The molecule has 14 heavy (non-hydrogen) atoms. The van der Waals surface area contributed by atoms with E-state index in [2.05, 4.69) is 16.8 Å². The second-order valence-corrected chi connectivity index (χ2v) is 3.73. The lowest BCUT2D eigenvalue weighted by Crippen LogP contribution is -2.43. The molecule has 0 aliphatic carbocycles. The molecule has 3 heteroatoms. The summed E-state index contributed by atoms with van der Waals surface area (Å²) >= 11 is 0. The molecule has 0 aromatic heterocycles. The van der Waals surface area contributed by atoms with Crippen LogP contribution in [-0.4, -0.2) is 43.0 Å². The Labute approximate surface area is 85.7 Å². The van der Waals surface area contributed by atoms with Gasteiger partial charge in [0.15, 0.2) is 0 Å². The number of hydrogen-bond acceptors (Lipinski definition) is 2. The minimum absolute atomic E-state index is 0.128. The van der Waals surface area contributed by atoms with Crippen molar-refractivity contribution in [2.75, 3.05) is 33.2 Å². The fourth-order valence-electron chi connectivity index (χ4n) is 1.63. The van der Waals surface area contributed by atoms with Gasteiger partial charge >= 0.3 is 0 Å². The van der Waals surface area contributed by atoms with E-state index in [1.807, 2.05) is 13.0 Å². The molecule has 1 fully saturated rings. The fourth-order valence-corrected chi connectivity index (χ4v) is 1.63. The molecule has 0 unspecified atom stereocenters. The summed E-state index contributed by atoms with van der Waals surface area (Å²) in [5, 5.41) is 0. The molecule has 0 bridgehead atoms. The van der Waals surface area contributed by atoms with Gasteiger partial charge in [-0.2, -0.15) is 0 Å². The lowest BCUT2D eigenvalue weighted by Gasteiger charge is -2.34. The average Bonchev–Trinajstić information content (AvgIpc) is 2.15. The Balaban J connectivity index is 2.59. The smallest absolute Gasteiger partial charge is 0.0989 e. The largest absolute Gasteiger partial charge is 0.369 e. The molecule has 1 rings (SSSR count). The lowest BCUT2D eigenvalue weighted by molar-refractivity contribution is 0.189. The highest BCUT2D eigenvalue weighted by atomic mass is 19.1. The van der Waals surface area contributed by atoms with Gasteiger partial charge in [0.1, 0.15) is 0 Å². The van der Waals surface area contributed by atoms with Crippen molar-refractivity contribution in [2.45, 2.75) is 13.8 Å². The Morgan fingerprint density at radius 3 is 2.21 bits per heavy atom. The van der Waals surface area contributed by atoms with E-state index in [-0.39, 0.29) is 5.83 Å². The predicted octanol–water partition coefficient (Wildman–Crippen LogP) is 2.01. The van der Waals surface area contributed by atoms with Gasteiger partial charge in [-0.05, 0) is 27.0 Å². The summed E-state index contributed by atoms with van der Waals surface area (Å²) in [5.74, 6) is -0.128. The van der Waals surface area contributed by atoms with Crippen LogP contribution in [0.25, 0.3) is 0 Å². The maximum Gasteiger partial charge on any atom is 0.0989 e. The number of likely N-dealkylation sites (N-methyl/N-ethyl adjacent to an activating group) is 1. The second kappa shape index (κ2) is 5.15. The van der Waals surface area contributed by atoms with Gasteiger partial charge in [0.2, 0.25) is 0 Å². The minimum atomic E-state index is -0.128. The molecule has 0 saturated carbocycles. The van der Waals surface area contributed by atoms with E-state index < -0.39 is 0 Å². The van der Waals surface area contributed by atoms with Gasteiger partial charge in [0, 0.05) is 31.9 Å². The van der Waals surface area contributed by atoms with Gasteiger partial charge in [-0.15, -0.1) is 0 Å². The van der Waals surface area contributed by atoms with Crippen LogP contribution in [0.1, 0.15) is 13.8 Å². The van der Waals surface area contributed by atoms with Crippen LogP contribution in [0.15, 0.2) is 23.7 Å². The van der Waals surface area contributed by atoms with E-state index in [0.29, 0.717) is 0 Å². The molecule has 0 aromatic rings. The van der Waals surface area contributed by atoms with Crippen LogP contribution in [0.2, 0.25) is 0 Å². The van der Waals surface area contributed by atoms with Crippen molar-refractivity contribution in [3.05, 3.63) is 23.7 Å².